The second-order valence-corrected chi connectivity index (χ2v) is 9.33. The highest BCUT2D eigenvalue weighted by atomic mass is 35.5. The summed E-state index contributed by atoms with van der Waals surface area (Å²) in [5, 5.41) is 1.77. The van der Waals surface area contributed by atoms with Crippen molar-refractivity contribution in [1.29, 1.82) is 0 Å². The molecule has 1 saturated carbocycles. The van der Waals surface area contributed by atoms with Crippen LogP contribution in [0.4, 0.5) is 4.39 Å². The van der Waals surface area contributed by atoms with Crippen LogP contribution in [0.25, 0.3) is 10.8 Å². The van der Waals surface area contributed by atoms with Gasteiger partial charge in [-0.25, -0.2) is 4.39 Å². The lowest BCUT2D eigenvalue weighted by molar-refractivity contribution is 0.0958. The molecule has 1 aromatic heterocycles. The number of hydrogen-bond donors (Lipinski definition) is 2. The summed E-state index contributed by atoms with van der Waals surface area (Å²) < 4.78 is 19.8. The average Bonchev–Trinajstić information content (AvgIpc) is 2.76. The van der Waals surface area contributed by atoms with Crippen molar-refractivity contribution in [1.82, 2.24) is 4.98 Å². The molecule has 1 fully saturated rings. The molecule has 3 aromatic rings. The fourth-order valence-electron chi connectivity index (χ4n) is 4.92. The summed E-state index contributed by atoms with van der Waals surface area (Å²) in [6.45, 7) is 4.27. The fourth-order valence-corrected chi connectivity index (χ4v) is 5.13. The summed E-state index contributed by atoms with van der Waals surface area (Å²) in [5.74, 6) is 0.654. The van der Waals surface area contributed by atoms with Crippen LogP contribution in [0, 0.1) is 11.7 Å². The molecule has 0 radical (unpaired) electrons. The van der Waals surface area contributed by atoms with Crippen molar-refractivity contribution in [2.45, 2.75) is 57.1 Å². The highest BCUT2D eigenvalue weighted by molar-refractivity contribution is 6.32. The summed E-state index contributed by atoms with van der Waals surface area (Å²) in [7, 11) is 0. The van der Waals surface area contributed by atoms with Gasteiger partial charge in [0, 0.05) is 23.0 Å². The van der Waals surface area contributed by atoms with Crippen LogP contribution in [0.1, 0.15) is 45.1 Å². The molecule has 4 nitrogen and oxygen atoms in total. The lowest BCUT2D eigenvalue weighted by Gasteiger charge is -2.46. The Bertz CT molecular complexity index is 1120. The van der Waals surface area contributed by atoms with E-state index >= 15 is 0 Å². The third kappa shape index (κ3) is 4.21. The molecule has 2 aromatic carbocycles. The van der Waals surface area contributed by atoms with E-state index in [1.807, 2.05) is 24.3 Å². The van der Waals surface area contributed by atoms with Crippen LogP contribution in [0.2, 0.25) is 5.02 Å². The van der Waals surface area contributed by atoms with E-state index in [0.717, 1.165) is 36.6 Å². The minimum atomic E-state index is -0.237. The van der Waals surface area contributed by atoms with Crippen LogP contribution in [0.3, 0.4) is 0 Å². The van der Waals surface area contributed by atoms with E-state index in [1.165, 1.54) is 12.1 Å². The topological polar surface area (TPSA) is 68.1 Å². The second-order valence-electron chi connectivity index (χ2n) is 8.93. The number of aromatic amines is 1. The molecular weight excluding hydrogens is 415 g/mol. The zero-order valence-electron chi connectivity index (χ0n) is 17.8. The molecule has 1 heterocycles. The van der Waals surface area contributed by atoms with Gasteiger partial charge >= 0.3 is 0 Å². The molecule has 31 heavy (non-hydrogen) atoms. The largest absolute Gasteiger partial charge is 0.489 e. The van der Waals surface area contributed by atoms with Gasteiger partial charge in [0.05, 0.1) is 11.1 Å². The van der Waals surface area contributed by atoms with Crippen LogP contribution in [-0.4, -0.2) is 17.1 Å². The lowest BCUT2D eigenvalue weighted by atomic mass is 9.62. The molecule has 1 unspecified atom stereocenters. The summed E-state index contributed by atoms with van der Waals surface area (Å²) in [4.78, 5) is 14.6. The third-order valence-electron chi connectivity index (χ3n) is 6.72. The predicted molar refractivity (Wildman–Crippen MR) is 123 cm³/mol. The maximum Gasteiger partial charge on any atom is 0.255 e. The van der Waals surface area contributed by atoms with Gasteiger partial charge < -0.3 is 15.5 Å². The number of rotatable bonds is 5. The average molecular weight is 443 g/mol. The molecule has 1 atom stereocenters. The number of nitrogens with one attached hydrogen (secondary N) is 1. The number of nitrogens with two attached hydrogens (primary N) is 1. The molecule has 0 saturated heterocycles. The number of ether oxygens (including phenoxy) is 1. The minimum absolute atomic E-state index is 0.00452. The monoisotopic (exact) mass is 442 g/mol. The van der Waals surface area contributed by atoms with E-state index in [-0.39, 0.29) is 28.9 Å². The molecule has 0 spiro atoms. The number of fused-ring (bicyclic) bond motifs is 1. The SMILES string of the molecule is CC(C)C(N)C1(c2ccc(F)cc2)CCC(Oc2cc3cc[nH]c(=O)c3cc2Cl)CC1. The van der Waals surface area contributed by atoms with Gasteiger partial charge in [0.1, 0.15) is 11.6 Å². The summed E-state index contributed by atoms with van der Waals surface area (Å²) in [6, 6.07) is 12.1. The Hall–Kier alpha value is -2.37. The first kappa shape index (κ1) is 21.8. The normalized spacial score (nSPS) is 22.6. The first-order valence-corrected chi connectivity index (χ1v) is 11.2. The molecule has 0 aliphatic heterocycles. The second kappa shape index (κ2) is 8.64. The van der Waals surface area contributed by atoms with Crippen LogP contribution in [0.15, 0.2) is 53.5 Å². The zero-order chi connectivity index (χ0) is 22.2. The van der Waals surface area contributed by atoms with Gasteiger partial charge in [-0.2, -0.15) is 0 Å². The van der Waals surface area contributed by atoms with E-state index in [2.05, 4.69) is 18.8 Å². The zero-order valence-corrected chi connectivity index (χ0v) is 18.6. The van der Waals surface area contributed by atoms with Crippen molar-refractivity contribution in [3.63, 3.8) is 0 Å². The number of pyridine rings is 1. The molecule has 3 N–H and O–H groups in total. The van der Waals surface area contributed by atoms with Crippen molar-refractivity contribution in [3.05, 3.63) is 75.4 Å². The van der Waals surface area contributed by atoms with Crippen molar-refractivity contribution < 1.29 is 9.13 Å². The fraction of sp³-hybridized carbons (Fsp3) is 0.400. The maximum atomic E-state index is 13.5. The number of hydrogen-bond acceptors (Lipinski definition) is 3. The summed E-state index contributed by atoms with van der Waals surface area (Å²) in [6.07, 6.45) is 4.97. The van der Waals surface area contributed by atoms with Crippen LogP contribution < -0.4 is 16.0 Å². The minimum Gasteiger partial charge on any atom is -0.489 e. The Balaban J connectivity index is 1.56. The van der Waals surface area contributed by atoms with Crippen molar-refractivity contribution in [2.75, 3.05) is 0 Å². The smallest absolute Gasteiger partial charge is 0.255 e. The van der Waals surface area contributed by atoms with Crippen molar-refractivity contribution >= 4 is 22.4 Å². The standard InChI is InChI=1S/C25H28ClFN2O2/c1-15(2)23(28)25(17-3-5-18(27)6-4-17)10-7-19(8-11-25)31-22-13-16-9-12-29-24(30)20(16)14-21(22)26/h3-6,9,12-15,19,23H,7-8,10-11,28H2,1-2H3,(H,29,30). The van der Waals surface area contributed by atoms with E-state index in [4.69, 9.17) is 22.1 Å². The molecule has 0 amide bonds. The van der Waals surface area contributed by atoms with E-state index in [9.17, 15) is 9.18 Å². The Morgan fingerprint density at radius 3 is 2.48 bits per heavy atom. The maximum absolute atomic E-state index is 13.5. The molecule has 4 rings (SSSR count). The van der Waals surface area contributed by atoms with E-state index in [1.54, 1.807) is 12.3 Å². The first-order valence-electron chi connectivity index (χ1n) is 10.8. The number of benzene rings is 2. The van der Waals surface area contributed by atoms with Gasteiger partial charge in [0.2, 0.25) is 0 Å². The molecule has 1 aliphatic rings. The molecule has 0 bridgehead atoms. The lowest BCUT2D eigenvalue weighted by Crippen LogP contribution is -2.51. The number of aromatic nitrogens is 1. The van der Waals surface area contributed by atoms with Crippen LogP contribution in [-0.2, 0) is 5.41 Å². The predicted octanol–water partition coefficient (Wildman–Crippen LogP) is 5.56. The van der Waals surface area contributed by atoms with Gasteiger partial charge in [-0.05, 0) is 72.9 Å². The van der Waals surface area contributed by atoms with Gasteiger partial charge in [0.15, 0.2) is 0 Å². The Morgan fingerprint density at radius 2 is 1.84 bits per heavy atom. The highest BCUT2D eigenvalue weighted by Crippen LogP contribution is 2.45. The quantitative estimate of drug-likeness (QED) is 0.543. The third-order valence-corrected chi connectivity index (χ3v) is 7.02. The van der Waals surface area contributed by atoms with Crippen LogP contribution in [0.5, 0.6) is 5.75 Å². The summed E-state index contributed by atoms with van der Waals surface area (Å²) in [5.41, 5.74) is 7.42. The summed E-state index contributed by atoms with van der Waals surface area (Å²) >= 11 is 6.42. The number of H-pyrrole nitrogens is 1. The Labute approximate surface area is 186 Å². The molecule has 1 aliphatic carbocycles. The van der Waals surface area contributed by atoms with Gasteiger partial charge in [-0.15, -0.1) is 0 Å². The van der Waals surface area contributed by atoms with Crippen molar-refractivity contribution in [3.8, 4) is 5.75 Å². The molecular formula is C25H28ClFN2O2. The molecule has 164 valence electrons. The van der Waals surface area contributed by atoms with E-state index < -0.39 is 0 Å². The Morgan fingerprint density at radius 1 is 1.16 bits per heavy atom. The van der Waals surface area contributed by atoms with Crippen molar-refractivity contribution in [2.24, 2.45) is 11.7 Å². The van der Waals surface area contributed by atoms with Gasteiger partial charge in [-0.1, -0.05) is 37.6 Å². The van der Waals surface area contributed by atoms with Gasteiger partial charge in [0.25, 0.3) is 5.56 Å². The Kier molecular flexibility index (Phi) is 6.09. The first-order chi connectivity index (χ1) is 14.8. The van der Waals surface area contributed by atoms with Crippen LogP contribution >= 0.6 is 11.6 Å². The highest BCUT2D eigenvalue weighted by Gasteiger charge is 2.43. The molecule has 6 heteroatoms. The number of halogens is 2. The van der Waals surface area contributed by atoms with Gasteiger partial charge in [-0.3, -0.25) is 4.79 Å². The van der Waals surface area contributed by atoms with E-state index in [0.29, 0.717) is 22.1 Å².